The molecule has 0 saturated carbocycles. The number of halogens is 2. The van der Waals surface area contributed by atoms with Crippen LogP contribution in [0.4, 0.5) is 5.69 Å². The molecule has 0 unspecified atom stereocenters. The van der Waals surface area contributed by atoms with Crippen molar-refractivity contribution in [2.24, 2.45) is 7.05 Å². The molecule has 1 heterocycles. The number of carboxylic acid groups (broad SMARTS) is 1. The summed E-state index contributed by atoms with van der Waals surface area (Å²) in [6.07, 6.45) is 1.19. The molecule has 0 radical (unpaired) electrons. The summed E-state index contributed by atoms with van der Waals surface area (Å²) in [6.45, 7) is 0. The normalized spacial score (nSPS) is 11.4. The van der Waals surface area contributed by atoms with E-state index in [0.717, 1.165) is 6.07 Å². The molecule has 6 nitrogen and oxygen atoms in total. The summed E-state index contributed by atoms with van der Waals surface area (Å²) in [6, 6.07) is 5.60. The average Bonchev–Trinajstić information content (AvgIpc) is 2.77. The fourth-order valence-electron chi connectivity index (χ4n) is 1.68. The van der Waals surface area contributed by atoms with Gasteiger partial charge in [-0.05, 0) is 18.2 Å². The molecule has 0 atom stereocenters. The summed E-state index contributed by atoms with van der Waals surface area (Å²) >= 11 is 11.8. The van der Waals surface area contributed by atoms with E-state index in [0.29, 0.717) is 0 Å². The Balaban J connectivity index is 2.44. The van der Waals surface area contributed by atoms with E-state index >= 15 is 0 Å². The van der Waals surface area contributed by atoms with Crippen molar-refractivity contribution in [3.05, 3.63) is 46.2 Å². The van der Waals surface area contributed by atoms with E-state index in [1.54, 1.807) is 6.07 Å². The summed E-state index contributed by atoms with van der Waals surface area (Å²) < 4.78 is 28.0. The van der Waals surface area contributed by atoms with Gasteiger partial charge in [-0.2, -0.15) is 0 Å². The second-order valence-corrected chi connectivity index (χ2v) is 6.68. The van der Waals surface area contributed by atoms with Crippen LogP contribution < -0.4 is 4.72 Å². The molecule has 0 saturated heterocycles. The van der Waals surface area contributed by atoms with Gasteiger partial charge in [-0.25, -0.2) is 13.2 Å². The van der Waals surface area contributed by atoms with Crippen molar-refractivity contribution in [3.8, 4) is 0 Å². The number of para-hydroxylation sites is 1. The lowest BCUT2D eigenvalue weighted by atomic mass is 10.3. The number of nitrogens with one attached hydrogen (secondary N) is 1. The number of hydrogen-bond acceptors (Lipinski definition) is 3. The molecule has 1 aromatic heterocycles. The van der Waals surface area contributed by atoms with E-state index in [1.807, 2.05) is 0 Å². The summed E-state index contributed by atoms with van der Waals surface area (Å²) in [5, 5.41) is 9.22. The lowest BCUT2D eigenvalue weighted by molar-refractivity contribution is 0.0686. The van der Waals surface area contributed by atoms with Crippen LogP contribution in [0.2, 0.25) is 10.0 Å². The molecule has 0 spiro atoms. The van der Waals surface area contributed by atoms with Crippen LogP contribution >= 0.6 is 23.2 Å². The maximum Gasteiger partial charge on any atom is 0.352 e. The lowest BCUT2D eigenvalue weighted by Crippen LogP contribution is -2.13. The Morgan fingerprint density at radius 3 is 2.33 bits per heavy atom. The van der Waals surface area contributed by atoms with Crippen molar-refractivity contribution >= 4 is 44.9 Å². The third-order valence-corrected chi connectivity index (χ3v) is 4.66. The second-order valence-electron chi connectivity index (χ2n) is 4.18. The van der Waals surface area contributed by atoms with Gasteiger partial charge in [0.1, 0.15) is 10.6 Å². The number of anilines is 1. The molecule has 2 N–H and O–H groups in total. The minimum atomic E-state index is -4.00. The van der Waals surface area contributed by atoms with Gasteiger partial charge < -0.3 is 9.67 Å². The van der Waals surface area contributed by atoms with E-state index in [-0.39, 0.29) is 26.3 Å². The average molecular weight is 349 g/mol. The Morgan fingerprint density at radius 2 is 1.86 bits per heavy atom. The number of carbonyl (C=O) groups is 1. The first-order valence-electron chi connectivity index (χ1n) is 5.59. The summed E-state index contributed by atoms with van der Waals surface area (Å²) in [7, 11) is -2.56. The molecule has 2 aromatic rings. The van der Waals surface area contributed by atoms with E-state index in [1.165, 1.54) is 29.9 Å². The minimum absolute atomic E-state index is 0.0431. The zero-order valence-electron chi connectivity index (χ0n) is 10.7. The molecule has 0 aliphatic rings. The molecule has 0 fully saturated rings. The molecule has 9 heteroatoms. The number of aromatic nitrogens is 1. The van der Waals surface area contributed by atoms with Crippen molar-refractivity contribution < 1.29 is 18.3 Å². The number of benzene rings is 1. The van der Waals surface area contributed by atoms with Crippen LogP contribution in [0.15, 0.2) is 35.4 Å². The van der Waals surface area contributed by atoms with E-state index in [9.17, 15) is 13.2 Å². The second kappa shape index (κ2) is 5.59. The molecule has 2 rings (SSSR count). The Labute approximate surface area is 131 Å². The van der Waals surface area contributed by atoms with Crippen LogP contribution in [-0.4, -0.2) is 24.1 Å². The molecule has 0 amide bonds. The predicted octanol–water partition coefficient (Wildman–Crippen LogP) is 2.83. The number of rotatable bonds is 4. The minimum Gasteiger partial charge on any atom is -0.477 e. The Morgan fingerprint density at radius 1 is 1.29 bits per heavy atom. The Kier molecular flexibility index (Phi) is 4.18. The van der Waals surface area contributed by atoms with Gasteiger partial charge in [0.05, 0.1) is 15.7 Å². The molecule has 0 bridgehead atoms. The van der Waals surface area contributed by atoms with Gasteiger partial charge in [0.25, 0.3) is 10.0 Å². The number of nitrogens with zero attached hydrogens (tertiary/aromatic N) is 1. The largest absolute Gasteiger partial charge is 0.477 e. The van der Waals surface area contributed by atoms with Crippen LogP contribution in [0, 0.1) is 0 Å². The molecule has 1 aromatic carbocycles. The first-order chi connectivity index (χ1) is 9.72. The highest BCUT2D eigenvalue weighted by atomic mass is 35.5. The highest BCUT2D eigenvalue weighted by molar-refractivity contribution is 7.92. The highest BCUT2D eigenvalue weighted by Crippen LogP contribution is 2.32. The highest BCUT2D eigenvalue weighted by Gasteiger charge is 2.22. The summed E-state index contributed by atoms with van der Waals surface area (Å²) in [4.78, 5) is 10.8. The summed E-state index contributed by atoms with van der Waals surface area (Å²) in [5.74, 6) is -1.23. The van der Waals surface area contributed by atoms with Crippen LogP contribution in [-0.2, 0) is 17.1 Å². The SMILES string of the molecule is Cn1cc(S(=O)(=O)Nc2c(Cl)cccc2Cl)cc1C(=O)O. The zero-order chi connectivity index (χ0) is 15.8. The number of aromatic carboxylic acids is 1. The topological polar surface area (TPSA) is 88.4 Å². The van der Waals surface area contributed by atoms with Gasteiger partial charge in [-0.15, -0.1) is 0 Å². The number of sulfonamides is 1. The van der Waals surface area contributed by atoms with Crippen molar-refractivity contribution in [2.45, 2.75) is 4.90 Å². The predicted molar refractivity (Wildman–Crippen MR) is 79.6 cm³/mol. The van der Waals surface area contributed by atoms with Gasteiger partial charge in [0, 0.05) is 13.2 Å². The van der Waals surface area contributed by atoms with Gasteiger partial charge in [-0.3, -0.25) is 4.72 Å². The molecule has 0 aliphatic carbocycles. The van der Waals surface area contributed by atoms with Gasteiger partial charge in [0.2, 0.25) is 0 Å². The maximum absolute atomic E-state index is 12.3. The number of aryl methyl sites for hydroxylation is 1. The number of carboxylic acids is 1. The zero-order valence-corrected chi connectivity index (χ0v) is 13.0. The van der Waals surface area contributed by atoms with Crippen molar-refractivity contribution in [1.29, 1.82) is 0 Å². The van der Waals surface area contributed by atoms with Crippen LogP contribution in [0.5, 0.6) is 0 Å². The third-order valence-electron chi connectivity index (χ3n) is 2.71. The fraction of sp³-hybridized carbons (Fsp3) is 0.0833. The van der Waals surface area contributed by atoms with Crippen molar-refractivity contribution in [1.82, 2.24) is 4.57 Å². The van der Waals surface area contributed by atoms with E-state index in [4.69, 9.17) is 28.3 Å². The van der Waals surface area contributed by atoms with Crippen molar-refractivity contribution in [2.75, 3.05) is 4.72 Å². The Hall–Kier alpha value is -1.70. The van der Waals surface area contributed by atoms with Crippen LogP contribution in [0.25, 0.3) is 0 Å². The third kappa shape index (κ3) is 3.15. The summed E-state index contributed by atoms with van der Waals surface area (Å²) in [5.41, 5.74) is -0.109. The van der Waals surface area contributed by atoms with Crippen molar-refractivity contribution in [3.63, 3.8) is 0 Å². The van der Waals surface area contributed by atoms with Gasteiger partial charge >= 0.3 is 5.97 Å². The quantitative estimate of drug-likeness (QED) is 0.888. The van der Waals surface area contributed by atoms with Crippen LogP contribution in [0.3, 0.4) is 0 Å². The van der Waals surface area contributed by atoms with E-state index in [2.05, 4.69) is 4.72 Å². The molecule has 0 aliphatic heterocycles. The number of hydrogen-bond donors (Lipinski definition) is 2. The maximum atomic E-state index is 12.3. The molecule has 21 heavy (non-hydrogen) atoms. The fourth-order valence-corrected chi connectivity index (χ4v) is 3.46. The monoisotopic (exact) mass is 348 g/mol. The van der Waals surface area contributed by atoms with E-state index < -0.39 is 16.0 Å². The molecular weight excluding hydrogens is 339 g/mol. The molecule has 112 valence electrons. The first kappa shape index (κ1) is 15.7. The standard InChI is InChI=1S/C12H10Cl2N2O4S/c1-16-6-7(5-10(16)12(17)18)21(19,20)15-11-8(13)3-2-4-9(11)14/h2-6,15H,1H3,(H,17,18). The van der Waals surface area contributed by atoms with Gasteiger partial charge in [-0.1, -0.05) is 29.3 Å². The smallest absolute Gasteiger partial charge is 0.352 e. The lowest BCUT2D eigenvalue weighted by Gasteiger charge is -2.09. The van der Waals surface area contributed by atoms with Gasteiger partial charge in [0.15, 0.2) is 0 Å². The first-order valence-corrected chi connectivity index (χ1v) is 7.83. The Bertz CT molecular complexity index is 794. The molecular formula is C12H10Cl2N2O4S. The van der Waals surface area contributed by atoms with Crippen LogP contribution in [0.1, 0.15) is 10.5 Å².